The van der Waals surface area contributed by atoms with Crippen molar-refractivity contribution in [2.45, 2.75) is 137 Å². The molecule has 2 aliphatic carbocycles. The van der Waals surface area contributed by atoms with Crippen molar-refractivity contribution in [3.63, 3.8) is 0 Å². The predicted octanol–water partition coefficient (Wildman–Crippen LogP) is 14.4. The number of rotatable bonds is 0. The zero-order valence-electron chi connectivity index (χ0n) is 69.7. The van der Waals surface area contributed by atoms with Crippen LogP contribution in [0.25, 0.3) is 92.8 Å². The Morgan fingerprint density at radius 2 is 0.686 bits per heavy atom. The van der Waals surface area contributed by atoms with Crippen LogP contribution in [0.2, 0.25) is 0 Å². The van der Waals surface area contributed by atoms with E-state index < -0.39 is 0 Å². The quantitative estimate of drug-likeness (QED) is 0.0777. The summed E-state index contributed by atoms with van der Waals surface area (Å²) in [5.41, 5.74) is 2.33. The number of hydrogen-bond acceptors (Lipinski definition) is 14. The lowest BCUT2D eigenvalue weighted by atomic mass is 9.67. The lowest BCUT2D eigenvalue weighted by Crippen LogP contribution is -2.46. The number of carbonyl (C=O) groups is 10. The first-order valence-electron chi connectivity index (χ1n) is 40.2. The number of ether oxygens (including phenoxy) is 1. The van der Waals surface area contributed by atoms with Crippen molar-refractivity contribution in [3.8, 4) is 0 Å². The molecule has 2 aromatic heterocycles. The summed E-state index contributed by atoms with van der Waals surface area (Å²) in [7, 11) is 13.1. The van der Waals surface area contributed by atoms with E-state index in [0.717, 1.165) is 107 Å². The first-order chi connectivity index (χ1) is 55.9. The smallest absolute Gasteiger partial charge is 0.261 e. The Bertz CT molecular complexity index is 5910. The zero-order valence-corrected chi connectivity index (χ0v) is 69.7. The second-order valence-electron chi connectivity index (χ2n) is 34.1. The Kier molecular flexibility index (Phi) is 24.7. The number of morpholine rings is 1. The number of benzene rings is 9. The van der Waals surface area contributed by atoms with Crippen molar-refractivity contribution in [2.24, 2.45) is 35.8 Å². The summed E-state index contributed by atoms with van der Waals surface area (Å²) < 4.78 is 7.65. The number of carbonyl (C=O) groups excluding carboxylic acids is 10. The summed E-state index contributed by atoms with van der Waals surface area (Å²) in [5.74, 6) is -0.446. The summed E-state index contributed by atoms with van der Waals surface area (Å²) in [6, 6.07) is 46.9. The van der Waals surface area contributed by atoms with Crippen molar-refractivity contribution >= 4 is 152 Å². The third-order valence-corrected chi connectivity index (χ3v) is 25.0. The average Bonchev–Trinajstić information content (AvgIpc) is 0.775. The number of piperidine rings is 4. The van der Waals surface area contributed by atoms with E-state index >= 15 is 0 Å². The fourth-order valence-corrected chi connectivity index (χ4v) is 17.6. The van der Waals surface area contributed by atoms with Crippen LogP contribution in [0.4, 0.5) is 0 Å². The maximum absolute atomic E-state index is 12.7. The monoisotopic (exact) mass is 1590 g/mol. The van der Waals surface area contributed by atoms with Gasteiger partial charge in [-0.3, -0.25) is 86.5 Å². The highest BCUT2D eigenvalue weighted by Crippen LogP contribution is 2.49. The number of likely N-dealkylation sites (tertiary alicyclic amines) is 4. The lowest BCUT2D eigenvalue weighted by Gasteiger charge is -2.43. The molecule has 6 aliphatic heterocycles. The predicted molar refractivity (Wildman–Crippen MR) is 463 cm³/mol. The van der Waals surface area contributed by atoms with Gasteiger partial charge in [0, 0.05) is 161 Å². The number of fused-ring (bicyclic) bond motifs is 5. The third kappa shape index (κ3) is 16.9. The highest BCUT2D eigenvalue weighted by molar-refractivity contribution is 6.38. The average molecular weight is 1590 g/mol. The molecule has 22 heteroatoms. The van der Waals surface area contributed by atoms with E-state index in [-0.39, 0.29) is 98.6 Å². The van der Waals surface area contributed by atoms with Crippen LogP contribution in [0.15, 0.2) is 185 Å². The van der Waals surface area contributed by atoms with Gasteiger partial charge in [0.2, 0.25) is 41.4 Å². The Hall–Kier alpha value is -12.2. The molecule has 2 saturated carbocycles. The van der Waals surface area contributed by atoms with E-state index in [0.29, 0.717) is 72.4 Å². The van der Waals surface area contributed by atoms with Gasteiger partial charge in [0.15, 0.2) is 0 Å². The van der Waals surface area contributed by atoms with Gasteiger partial charge in [-0.05, 0) is 139 Å². The van der Waals surface area contributed by atoms with Gasteiger partial charge in [-0.1, -0.05) is 195 Å². The molecular weight excluding hydrogens is 1490 g/mol. The second kappa shape index (κ2) is 34.2. The standard InChI is InChI=1S/C23H13NO2.C15H11NO2.C14H11NO.C12H19NO.C10H15NO2.2C8H13NO2.C6H9NO2/c1-24-22(25)17-10-8-15-13-6-2-4-12-5-3-7-14(19(12)13)16-9-11-18(23(24)26)21(17)20(15)16;1-16-14(17)12-8-4-2-6-10(12)11-7-3-5-9-13(11)15(16)18;1-9-11-7-3-5-10-6-4-8-12(13(10)11)14(16)15(9)2;1-10-8-12(6-4-3-5-7-12)9-11(14)13(10)2;1-11-8(12)6-10(7-9(11)13)4-2-3-5-10;1-8(2)4-6(10)9(3)7(11)5-8;1-8(2)5-4-6(10)9(3)7(8)11;1-5-3-9-4-6(8)7(5)2/h2-11H,1H3;2-9H,1H3;3-8H,1H2,2H3;1,3-9H2,2H3;2-7H2,1H3;2*4-5H2,1-3H3;1,3-4H2,2H3. The second-order valence-corrected chi connectivity index (χ2v) is 34.1. The van der Waals surface area contributed by atoms with Crippen LogP contribution in [0, 0.1) is 21.7 Å². The molecule has 8 heterocycles. The molecule has 0 atom stereocenters. The van der Waals surface area contributed by atoms with Crippen LogP contribution in [-0.4, -0.2) is 153 Å². The van der Waals surface area contributed by atoms with E-state index in [1.807, 2.05) is 132 Å². The first-order valence-corrected chi connectivity index (χ1v) is 40.2. The van der Waals surface area contributed by atoms with Crippen LogP contribution >= 0.6 is 0 Å². The zero-order chi connectivity index (χ0) is 85.4. The van der Waals surface area contributed by atoms with Crippen LogP contribution in [0.3, 0.4) is 0 Å². The highest BCUT2D eigenvalue weighted by atomic mass is 16.5. The minimum atomic E-state index is -0.345. The molecule has 118 heavy (non-hydrogen) atoms. The Labute approximate surface area is 685 Å². The molecule has 9 aromatic carbocycles. The van der Waals surface area contributed by atoms with Crippen molar-refractivity contribution in [2.75, 3.05) is 55.5 Å². The molecule has 7 fully saturated rings. The maximum atomic E-state index is 12.7. The number of hydrogen-bond donors (Lipinski definition) is 0. The number of pyridine rings is 1. The van der Waals surface area contributed by atoms with Gasteiger partial charge in [-0.15, -0.1) is 0 Å². The molecule has 0 bridgehead atoms. The summed E-state index contributed by atoms with van der Waals surface area (Å²) in [6.07, 6.45) is 16.0. The molecule has 0 radical (unpaired) electrons. The molecular formula is C96H104N8O14. The van der Waals surface area contributed by atoms with Crippen LogP contribution < -0.4 is 22.0 Å². The molecule has 2 spiro atoms. The summed E-state index contributed by atoms with van der Waals surface area (Å²) in [6.45, 7) is 19.9. The molecule has 0 unspecified atom stereocenters. The molecule has 19 rings (SSSR count). The molecule has 5 saturated heterocycles. The van der Waals surface area contributed by atoms with E-state index in [2.05, 4.69) is 56.1 Å². The van der Waals surface area contributed by atoms with Crippen molar-refractivity contribution in [3.05, 3.63) is 218 Å². The van der Waals surface area contributed by atoms with Gasteiger partial charge < -0.3 is 19.1 Å². The molecule has 10 amide bonds. The summed E-state index contributed by atoms with van der Waals surface area (Å²) >= 11 is 0. The molecule has 612 valence electrons. The lowest BCUT2D eigenvalue weighted by molar-refractivity contribution is -0.155. The number of allylic oxidation sites excluding steroid dienone is 1. The Morgan fingerprint density at radius 1 is 0.305 bits per heavy atom. The van der Waals surface area contributed by atoms with Gasteiger partial charge in [-0.25, -0.2) is 0 Å². The number of amides is 10. The van der Waals surface area contributed by atoms with E-state index in [4.69, 9.17) is 4.74 Å². The first kappa shape index (κ1) is 85.2. The van der Waals surface area contributed by atoms with E-state index in [1.165, 1.54) is 91.8 Å². The van der Waals surface area contributed by atoms with Gasteiger partial charge >= 0.3 is 0 Å². The minimum absolute atomic E-state index is 0.0122. The Morgan fingerprint density at radius 3 is 1.14 bits per heavy atom. The number of aromatic nitrogens is 2. The number of imide groups is 4. The SMILES string of the molecule is C=C1CC2(CCCCC2)CC(=O)N1C.C=C1COCC(=O)N1C.C=c1c2cccc3cccc(c(=O)n1C)c32.CN1C(=O)CC(C)(C)CC1=O.CN1C(=O)CC2(CCCC2)CC1=O.CN1C(=O)CCC(C)(C)C1=O.CN1C(=O)c2ccc3c4cccc5cccc(c6ccc(c2c36)C1=O)c54.Cn1c(=O)c2ccccc2c2ccccc2c1=O. The van der Waals surface area contributed by atoms with Gasteiger partial charge in [0.05, 0.1) is 6.61 Å². The van der Waals surface area contributed by atoms with Gasteiger partial charge in [0.1, 0.15) is 6.61 Å². The Balaban J connectivity index is 0.000000127. The van der Waals surface area contributed by atoms with Crippen LogP contribution in [0.1, 0.15) is 158 Å². The van der Waals surface area contributed by atoms with Crippen molar-refractivity contribution in [1.29, 1.82) is 0 Å². The topological polar surface area (TPSA) is 260 Å². The number of nitrogens with zero attached hydrogens (tertiary/aromatic N) is 8. The van der Waals surface area contributed by atoms with E-state index in [1.54, 1.807) is 63.9 Å². The molecule has 0 N–H and O–H groups in total. The molecule has 8 aliphatic rings. The molecule has 22 nitrogen and oxygen atoms in total. The maximum Gasteiger partial charge on any atom is 0.261 e. The van der Waals surface area contributed by atoms with Crippen molar-refractivity contribution < 1.29 is 52.7 Å². The highest BCUT2D eigenvalue weighted by Gasteiger charge is 2.45. The van der Waals surface area contributed by atoms with Crippen molar-refractivity contribution in [1.82, 2.24) is 38.5 Å². The van der Waals surface area contributed by atoms with E-state index in [9.17, 15) is 62.3 Å². The van der Waals surface area contributed by atoms with Gasteiger partial charge in [-0.2, -0.15) is 0 Å². The number of likely N-dealkylation sites (N-methyl/N-ethyl adjacent to an activating group) is 1. The van der Waals surface area contributed by atoms with Gasteiger partial charge in [0.25, 0.3) is 34.4 Å². The van der Waals surface area contributed by atoms with Crippen LogP contribution in [-0.2, 0) is 57.2 Å². The summed E-state index contributed by atoms with van der Waals surface area (Å²) in [5, 5.41) is 16.2. The fourth-order valence-electron chi connectivity index (χ4n) is 17.6. The largest absolute Gasteiger partial charge is 0.365 e. The summed E-state index contributed by atoms with van der Waals surface area (Å²) in [4.78, 5) is 160. The normalized spacial score (nSPS) is 18.7. The van der Waals surface area contributed by atoms with Crippen LogP contribution in [0.5, 0.6) is 0 Å². The third-order valence-electron chi connectivity index (χ3n) is 25.0. The fraction of sp³-hybridized carbons (Fsp3) is 0.365. The minimum Gasteiger partial charge on any atom is -0.365 e. The molecule has 11 aromatic rings.